The van der Waals surface area contributed by atoms with Crippen molar-refractivity contribution in [3.8, 4) is 0 Å². The van der Waals surface area contributed by atoms with E-state index in [0.29, 0.717) is 26.2 Å². The maximum absolute atomic E-state index is 13.3. The molecule has 34 heavy (non-hydrogen) atoms. The third kappa shape index (κ3) is 7.44. The molecule has 0 spiro atoms. The Morgan fingerprint density at radius 3 is 2.21 bits per heavy atom. The first-order chi connectivity index (χ1) is 16.4. The normalized spacial score (nSPS) is 22.0. The van der Waals surface area contributed by atoms with Crippen molar-refractivity contribution < 1.29 is 14.0 Å². The molecular weight excluding hydrogens is 429 g/mol. The number of rotatable bonds is 10. The number of unbranched alkanes of at least 4 members (excludes halogenated alkanes) is 3. The van der Waals surface area contributed by atoms with E-state index in [1.54, 1.807) is 12.1 Å². The van der Waals surface area contributed by atoms with E-state index < -0.39 is 6.04 Å². The number of benzene rings is 1. The molecule has 6 heteroatoms. The van der Waals surface area contributed by atoms with Crippen LogP contribution in [0.25, 0.3) is 0 Å². The lowest BCUT2D eigenvalue weighted by Gasteiger charge is -2.38. The molecule has 2 aliphatic rings. The predicted molar refractivity (Wildman–Crippen MR) is 136 cm³/mol. The van der Waals surface area contributed by atoms with Gasteiger partial charge in [-0.2, -0.15) is 0 Å². The summed E-state index contributed by atoms with van der Waals surface area (Å²) in [7, 11) is 0. The number of carbonyl (C=O) groups excluding carboxylic acids is 2. The number of carbonyl (C=O) groups is 2. The van der Waals surface area contributed by atoms with Gasteiger partial charge in [-0.1, -0.05) is 52.9 Å². The Morgan fingerprint density at radius 2 is 1.62 bits per heavy atom. The highest BCUT2D eigenvalue weighted by Crippen LogP contribution is 2.32. The number of piperazine rings is 1. The van der Waals surface area contributed by atoms with Crippen LogP contribution in [0, 0.1) is 23.6 Å². The lowest BCUT2D eigenvalue weighted by molar-refractivity contribution is -0.139. The van der Waals surface area contributed by atoms with Crippen LogP contribution in [0.4, 0.5) is 10.1 Å². The molecule has 0 unspecified atom stereocenters. The first-order valence-corrected chi connectivity index (χ1v) is 13.5. The molecule has 0 radical (unpaired) electrons. The van der Waals surface area contributed by atoms with E-state index in [1.165, 1.54) is 44.2 Å². The largest absolute Gasteiger partial charge is 0.368 e. The zero-order chi connectivity index (χ0) is 24.5. The molecule has 1 atom stereocenters. The van der Waals surface area contributed by atoms with Gasteiger partial charge in [-0.25, -0.2) is 4.39 Å². The summed E-state index contributed by atoms with van der Waals surface area (Å²) >= 11 is 0. The second-order valence-corrected chi connectivity index (χ2v) is 10.6. The van der Waals surface area contributed by atoms with Crippen LogP contribution in [-0.2, 0) is 9.59 Å². The van der Waals surface area contributed by atoms with Crippen LogP contribution < -0.4 is 10.2 Å². The maximum atomic E-state index is 13.3. The van der Waals surface area contributed by atoms with Crippen LogP contribution in [0.3, 0.4) is 0 Å². The highest BCUT2D eigenvalue weighted by molar-refractivity contribution is 5.89. The second kappa shape index (κ2) is 13.1. The topological polar surface area (TPSA) is 52.7 Å². The van der Waals surface area contributed by atoms with E-state index in [2.05, 4.69) is 17.1 Å². The van der Waals surface area contributed by atoms with Crippen molar-refractivity contribution >= 4 is 17.5 Å². The summed E-state index contributed by atoms with van der Waals surface area (Å²) in [6, 6.07) is 6.03. The van der Waals surface area contributed by atoms with Crippen molar-refractivity contribution in [3.63, 3.8) is 0 Å². The summed E-state index contributed by atoms with van der Waals surface area (Å²) in [6.07, 6.45) is 10.7. The Kier molecular flexibility index (Phi) is 10.2. The highest BCUT2D eigenvalue weighted by atomic mass is 19.1. The molecule has 2 amide bonds. The van der Waals surface area contributed by atoms with Gasteiger partial charge in [-0.15, -0.1) is 0 Å². The van der Waals surface area contributed by atoms with Gasteiger partial charge < -0.3 is 15.1 Å². The number of anilines is 1. The fraction of sp³-hybridized carbons (Fsp3) is 0.714. The molecular formula is C28H44FN3O2. The molecule has 1 aromatic rings. The number of nitrogens with zero attached hydrogens (tertiary/aromatic N) is 2. The van der Waals surface area contributed by atoms with Crippen LogP contribution >= 0.6 is 0 Å². The summed E-state index contributed by atoms with van der Waals surface area (Å²) in [5.41, 5.74) is 0.975. The Hall–Kier alpha value is -2.11. The third-order valence-electron chi connectivity index (χ3n) is 7.70. The molecule has 1 N–H and O–H groups in total. The average Bonchev–Trinajstić information content (AvgIpc) is 2.85. The van der Waals surface area contributed by atoms with Gasteiger partial charge in [-0.05, 0) is 61.8 Å². The van der Waals surface area contributed by atoms with E-state index >= 15 is 0 Å². The smallest absolute Gasteiger partial charge is 0.245 e. The van der Waals surface area contributed by atoms with Crippen molar-refractivity contribution in [2.24, 2.45) is 17.8 Å². The Morgan fingerprint density at radius 1 is 0.971 bits per heavy atom. The number of halogens is 1. The lowest BCUT2D eigenvalue weighted by Crippen LogP contribution is -2.57. The van der Waals surface area contributed by atoms with Crippen LogP contribution in [0.15, 0.2) is 24.3 Å². The maximum Gasteiger partial charge on any atom is 0.245 e. The monoisotopic (exact) mass is 473 g/mol. The number of nitrogens with one attached hydrogen (secondary N) is 1. The minimum Gasteiger partial charge on any atom is -0.368 e. The molecule has 1 aromatic carbocycles. The summed E-state index contributed by atoms with van der Waals surface area (Å²) < 4.78 is 13.2. The Labute approximate surface area is 205 Å². The van der Waals surface area contributed by atoms with Gasteiger partial charge in [-0.3, -0.25) is 9.59 Å². The molecule has 1 heterocycles. The standard InChI is InChI=1S/C28H44FN3O2/c1-4-5-6-7-8-22-9-11-23(12-10-22)27(33)30-26(21(2)3)28(34)32-19-17-31(18-20-32)25-15-13-24(29)14-16-25/h13-16,21-23,26H,4-12,17-20H2,1-3H3,(H,30,33)/t22?,23?,26-/m0/s1. The zero-order valence-corrected chi connectivity index (χ0v) is 21.4. The van der Waals surface area contributed by atoms with Crippen LogP contribution in [-0.4, -0.2) is 48.9 Å². The van der Waals surface area contributed by atoms with Crippen LogP contribution in [0.1, 0.15) is 78.6 Å². The fourth-order valence-corrected chi connectivity index (χ4v) is 5.39. The van der Waals surface area contributed by atoms with Gasteiger partial charge in [0.15, 0.2) is 0 Å². The SMILES string of the molecule is CCCCCCC1CCC(C(=O)N[C@H](C(=O)N2CCN(c3ccc(F)cc3)CC2)C(C)C)CC1. The van der Waals surface area contributed by atoms with Gasteiger partial charge in [0.25, 0.3) is 0 Å². The van der Waals surface area contributed by atoms with E-state index in [4.69, 9.17) is 0 Å². The number of hydrogen-bond acceptors (Lipinski definition) is 3. The molecule has 5 nitrogen and oxygen atoms in total. The van der Waals surface area contributed by atoms with Crippen molar-refractivity contribution in [3.05, 3.63) is 30.1 Å². The van der Waals surface area contributed by atoms with E-state index in [9.17, 15) is 14.0 Å². The molecule has 3 rings (SSSR count). The van der Waals surface area contributed by atoms with Gasteiger partial charge in [0.1, 0.15) is 11.9 Å². The van der Waals surface area contributed by atoms with E-state index in [-0.39, 0.29) is 29.5 Å². The van der Waals surface area contributed by atoms with Crippen molar-refractivity contribution in [2.45, 2.75) is 84.6 Å². The first kappa shape index (κ1) is 26.5. The Bertz CT molecular complexity index is 766. The zero-order valence-electron chi connectivity index (χ0n) is 21.4. The molecule has 2 fully saturated rings. The molecule has 1 saturated carbocycles. The van der Waals surface area contributed by atoms with Crippen molar-refractivity contribution in [1.82, 2.24) is 10.2 Å². The van der Waals surface area contributed by atoms with Crippen LogP contribution in [0.2, 0.25) is 0 Å². The quantitative estimate of drug-likeness (QED) is 0.464. The minimum atomic E-state index is -0.475. The summed E-state index contributed by atoms with van der Waals surface area (Å²) in [5, 5.41) is 3.12. The minimum absolute atomic E-state index is 0.0201. The second-order valence-electron chi connectivity index (χ2n) is 10.6. The molecule has 1 aliphatic carbocycles. The molecule has 190 valence electrons. The highest BCUT2D eigenvalue weighted by Gasteiger charge is 2.33. The van der Waals surface area contributed by atoms with Gasteiger partial charge in [0.2, 0.25) is 11.8 Å². The van der Waals surface area contributed by atoms with E-state index in [1.807, 2.05) is 18.7 Å². The fourth-order valence-electron chi connectivity index (χ4n) is 5.39. The third-order valence-corrected chi connectivity index (χ3v) is 7.70. The summed E-state index contributed by atoms with van der Waals surface area (Å²) in [6.45, 7) is 8.89. The van der Waals surface area contributed by atoms with Crippen molar-refractivity contribution in [1.29, 1.82) is 0 Å². The number of amides is 2. The first-order valence-electron chi connectivity index (χ1n) is 13.5. The molecule has 0 aromatic heterocycles. The lowest BCUT2D eigenvalue weighted by atomic mass is 9.79. The van der Waals surface area contributed by atoms with Gasteiger partial charge in [0, 0.05) is 37.8 Å². The predicted octanol–water partition coefficient (Wildman–Crippen LogP) is 5.39. The molecule has 1 saturated heterocycles. The average molecular weight is 474 g/mol. The van der Waals surface area contributed by atoms with Crippen molar-refractivity contribution in [2.75, 3.05) is 31.1 Å². The number of hydrogen-bond donors (Lipinski definition) is 1. The summed E-state index contributed by atoms with van der Waals surface area (Å²) in [5.74, 6) is 0.681. The molecule has 1 aliphatic heterocycles. The van der Waals surface area contributed by atoms with E-state index in [0.717, 1.165) is 37.3 Å². The molecule has 0 bridgehead atoms. The van der Waals surface area contributed by atoms with Gasteiger partial charge in [0.05, 0.1) is 0 Å². The summed E-state index contributed by atoms with van der Waals surface area (Å²) in [4.78, 5) is 30.4. The van der Waals surface area contributed by atoms with Gasteiger partial charge >= 0.3 is 0 Å². The van der Waals surface area contributed by atoms with Crippen LogP contribution in [0.5, 0.6) is 0 Å². The Balaban J connectivity index is 1.46.